The third kappa shape index (κ3) is 2.50. The average Bonchev–Trinajstić information content (AvgIpc) is 2.98. The Kier molecular flexibility index (Phi) is 3.37. The summed E-state index contributed by atoms with van der Waals surface area (Å²) in [5.74, 6) is 1.65. The van der Waals surface area contributed by atoms with Gasteiger partial charge in [0, 0.05) is 21.1 Å². The number of hydrogen-bond donors (Lipinski definition) is 0. The maximum atomic E-state index is 12.3. The maximum Gasteiger partial charge on any atom is 0.193 e. The van der Waals surface area contributed by atoms with Gasteiger partial charge in [-0.2, -0.15) is 0 Å². The zero-order valence-electron chi connectivity index (χ0n) is 12.1. The lowest BCUT2D eigenvalue weighted by molar-refractivity contribution is 0.414. The molecule has 0 aliphatic heterocycles. The lowest BCUT2D eigenvalue weighted by Gasteiger charge is -2.00. The molecule has 0 radical (unpaired) electrons. The van der Waals surface area contributed by atoms with Gasteiger partial charge in [0.1, 0.15) is 16.9 Å². The van der Waals surface area contributed by atoms with Gasteiger partial charge in [0.2, 0.25) is 0 Å². The molecule has 4 nitrogen and oxygen atoms in total. The predicted molar refractivity (Wildman–Crippen MR) is 97.0 cm³/mol. The molecule has 4 aromatic rings. The standard InChI is InChI=1S/C18H11IO4/c1-21-12-4-2-10-6-17(23-16(10)8-12)18-9-14(20)13-7-11(19)3-5-15(13)22-18/h2-9H,1H3. The van der Waals surface area contributed by atoms with Crippen molar-refractivity contribution in [2.45, 2.75) is 0 Å². The van der Waals surface area contributed by atoms with Gasteiger partial charge in [0.05, 0.1) is 12.5 Å². The maximum absolute atomic E-state index is 12.3. The van der Waals surface area contributed by atoms with E-state index in [2.05, 4.69) is 22.6 Å². The van der Waals surface area contributed by atoms with E-state index in [1.165, 1.54) is 6.07 Å². The monoisotopic (exact) mass is 418 g/mol. The summed E-state index contributed by atoms with van der Waals surface area (Å²) in [4.78, 5) is 12.3. The number of methoxy groups -OCH3 is 1. The van der Waals surface area contributed by atoms with Gasteiger partial charge in [-0.1, -0.05) is 0 Å². The molecule has 4 rings (SSSR count). The summed E-state index contributed by atoms with van der Waals surface area (Å²) < 4.78 is 17.8. The van der Waals surface area contributed by atoms with Crippen molar-refractivity contribution in [2.75, 3.05) is 7.11 Å². The van der Waals surface area contributed by atoms with E-state index < -0.39 is 0 Å². The molecule has 0 aliphatic rings. The van der Waals surface area contributed by atoms with E-state index in [0.29, 0.717) is 33.8 Å². The van der Waals surface area contributed by atoms with E-state index in [-0.39, 0.29) is 5.43 Å². The highest BCUT2D eigenvalue weighted by atomic mass is 127. The van der Waals surface area contributed by atoms with Crippen LogP contribution in [0.5, 0.6) is 5.75 Å². The first-order valence-electron chi connectivity index (χ1n) is 6.95. The topological polar surface area (TPSA) is 52.6 Å². The van der Waals surface area contributed by atoms with Crippen molar-refractivity contribution in [1.29, 1.82) is 0 Å². The van der Waals surface area contributed by atoms with Crippen LogP contribution in [0.2, 0.25) is 0 Å². The number of fused-ring (bicyclic) bond motifs is 2. The van der Waals surface area contributed by atoms with Crippen LogP contribution in [-0.2, 0) is 0 Å². The lowest BCUT2D eigenvalue weighted by Crippen LogP contribution is -2.00. The van der Waals surface area contributed by atoms with Crippen molar-refractivity contribution in [3.05, 3.63) is 62.3 Å². The Morgan fingerprint density at radius 3 is 2.52 bits per heavy atom. The SMILES string of the molecule is COc1ccc2cc(-c3cc(=O)c4cc(I)ccc4o3)oc2c1. The molecule has 23 heavy (non-hydrogen) atoms. The quantitative estimate of drug-likeness (QED) is 0.438. The second kappa shape index (κ2) is 5.42. The zero-order valence-corrected chi connectivity index (χ0v) is 14.3. The Balaban J connectivity index is 1.91. The summed E-state index contributed by atoms with van der Waals surface area (Å²) in [5.41, 5.74) is 1.15. The summed E-state index contributed by atoms with van der Waals surface area (Å²) in [7, 11) is 1.61. The van der Waals surface area contributed by atoms with E-state index >= 15 is 0 Å². The smallest absolute Gasteiger partial charge is 0.193 e. The highest BCUT2D eigenvalue weighted by Crippen LogP contribution is 2.31. The minimum atomic E-state index is -0.0854. The first-order valence-corrected chi connectivity index (χ1v) is 8.03. The average molecular weight is 418 g/mol. The highest BCUT2D eigenvalue weighted by Gasteiger charge is 2.12. The number of halogens is 1. The van der Waals surface area contributed by atoms with Crippen LogP contribution in [0.3, 0.4) is 0 Å². The van der Waals surface area contributed by atoms with Crippen molar-refractivity contribution in [2.24, 2.45) is 0 Å². The molecule has 0 N–H and O–H groups in total. The molecule has 0 bridgehead atoms. The minimum absolute atomic E-state index is 0.0854. The first kappa shape index (κ1) is 14.3. The fourth-order valence-corrected chi connectivity index (χ4v) is 3.00. The lowest BCUT2D eigenvalue weighted by atomic mass is 10.2. The summed E-state index contributed by atoms with van der Waals surface area (Å²) in [6.07, 6.45) is 0. The molecule has 0 saturated carbocycles. The third-order valence-corrected chi connectivity index (χ3v) is 4.33. The van der Waals surface area contributed by atoms with Gasteiger partial charge in [-0.05, 0) is 59.0 Å². The molecular weight excluding hydrogens is 407 g/mol. The number of rotatable bonds is 2. The van der Waals surface area contributed by atoms with E-state index in [9.17, 15) is 4.79 Å². The van der Waals surface area contributed by atoms with Gasteiger partial charge in [-0.15, -0.1) is 0 Å². The molecule has 0 fully saturated rings. The highest BCUT2D eigenvalue weighted by molar-refractivity contribution is 14.1. The van der Waals surface area contributed by atoms with Crippen LogP contribution in [0.15, 0.2) is 62.2 Å². The summed E-state index contributed by atoms with van der Waals surface area (Å²) in [6.45, 7) is 0. The van der Waals surface area contributed by atoms with E-state index in [1.807, 2.05) is 30.3 Å². The van der Waals surface area contributed by atoms with Gasteiger partial charge < -0.3 is 13.6 Å². The van der Waals surface area contributed by atoms with Crippen LogP contribution in [0.4, 0.5) is 0 Å². The molecule has 0 aliphatic carbocycles. The summed E-state index contributed by atoms with van der Waals surface area (Å²) in [5, 5.41) is 1.49. The summed E-state index contributed by atoms with van der Waals surface area (Å²) >= 11 is 2.17. The largest absolute Gasteiger partial charge is 0.497 e. The van der Waals surface area contributed by atoms with Crippen LogP contribution in [0.25, 0.3) is 33.5 Å². The predicted octanol–water partition coefficient (Wildman–Crippen LogP) is 4.82. The number of furan rings is 1. The van der Waals surface area contributed by atoms with E-state index in [4.69, 9.17) is 13.6 Å². The fraction of sp³-hybridized carbons (Fsp3) is 0.0556. The normalized spacial score (nSPS) is 11.2. The van der Waals surface area contributed by atoms with Crippen molar-refractivity contribution in [1.82, 2.24) is 0 Å². The van der Waals surface area contributed by atoms with E-state index in [1.54, 1.807) is 19.2 Å². The summed E-state index contributed by atoms with van der Waals surface area (Å²) in [6, 6.07) is 14.4. The zero-order chi connectivity index (χ0) is 16.0. The Morgan fingerprint density at radius 2 is 1.70 bits per heavy atom. The van der Waals surface area contributed by atoms with Gasteiger partial charge in [-0.3, -0.25) is 4.79 Å². The second-order valence-electron chi connectivity index (χ2n) is 5.13. The van der Waals surface area contributed by atoms with Crippen LogP contribution in [-0.4, -0.2) is 7.11 Å². The number of benzene rings is 2. The molecule has 114 valence electrons. The Labute approximate surface area is 144 Å². The Bertz CT molecular complexity index is 1090. The molecule has 0 unspecified atom stereocenters. The first-order chi connectivity index (χ1) is 11.1. The molecule has 0 atom stereocenters. The van der Waals surface area contributed by atoms with Gasteiger partial charge >= 0.3 is 0 Å². The van der Waals surface area contributed by atoms with E-state index in [0.717, 1.165) is 8.96 Å². The van der Waals surface area contributed by atoms with Crippen LogP contribution < -0.4 is 10.2 Å². The van der Waals surface area contributed by atoms with Crippen LogP contribution in [0.1, 0.15) is 0 Å². The fourth-order valence-electron chi connectivity index (χ4n) is 2.51. The number of ether oxygens (including phenoxy) is 1. The van der Waals surface area contributed by atoms with Crippen molar-refractivity contribution < 1.29 is 13.6 Å². The van der Waals surface area contributed by atoms with Crippen LogP contribution >= 0.6 is 22.6 Å². The second-order valence-corrected chi connectivity index (χ2v) is 6.38. The minimum Gasteiger partial charge on any atom is -0.497 e. The molecule has 0 saturated heterocycles. The van der Waals surface area contributed by atoms with Crippen molar-refractivity contribution >= 4 is 44.5 Å². The Morgan fingerprint density at radius 1 is 0.913 bits per heavy atom. The molecular formula is C18H11IO4. The van der Waals surface area contributed by atoms with Gasteiger partial charge in [-0.25, -0.2) is 0 Å². The molecule has 5 heteroatoms. The molecule has 0 spiro atoms. The third-order valence-electron chi connectivity index (χ3n) is 3.66. The number of hydrogen-bond acceptors (Lipinski definition) is 4. The van der Waals surface area contributed by atoms with Gasteiger partial charge in [0.25, 0.3) is 0 Å². The van der Waals surface area contributed by atoms with Crippen molar-refractivity contribution in [3.8, 4) is 17.3 Å². The van der Waals surface area contributed by atoms with Gasteiger partial charge in [0.15, 0.2) is 16.9 Å². The van der Waals surface area contributed by atoms with Crippen molar-refractivity contribution in [3.63, 3.8) is 0 Å². The van der Waals surface area contributed by atoms with Crippen LogP contribution in [0, 0.1) is 3.57 Å². The molecule has 0 amide bonds. The molecule has 2 aromatic carbocycles. The Hall–Kier alpha value is -2.28. The molecule has 2 heterocycles. The molecule has 2 aromatic heterocycles.